The summed E-state index contributed by atoms with van der Waals surface area (Å²) in [7, 11) is 0. The van der Waals surface area contributed by atoms with Crippen LogP contribution in [-0.2, 0) is 17.4 Å². The maximum atomic E-state index is 12.3. The van der Waals surface area contributed by atoms with Crippen molar-refractivity contribution in [1.29, 1.82) is 0 Å². The SMILES string of the molecule is NC(=O)c1ccc(NC(=O)CCCCCc2noc(C(F)(F)F)n2)cc1. The second-order valence-corrected chi connectivity index (χ2v) is 5.56. The molecule has 26 heavy (non-hydrogen) atoms. The first-order valence-electron chi connectivity index (χ1n) is 7.85. The molecule has 1 aromatic heterocycles. The first-order valence-corrected chi connectivity index (χ1v) is 7.85. The number of hydrogen-bond acceptors (Lipinski definition) is 5. The van der Waals surface area contributed by atoms with Gasteiger partial charge in [-0.05, 0) is 37.1 Å². The van der Waals surface area contributed by atoms with Gasteiger partial charge in [-0.15, -0.1) is 0 Å². The van der Waals surface area contributed by atoms with Crippen LogP contribution in [0.5, 0.6) is 0 Å². The topological polar surface area (TPSA) is 111 Å². The summed E-state index contributed by atoms with van der Waals surface area (Å²) in [6.07, 6.45) is -2.40. The number of halogens is 3. The average molecular weight is 370 g/mol. The summed E-state index contributed by atoms with van der Waals surface area (Å²) < 4.78 is 41.1. The molecular formula is C16H17F3N4O3. The zero-order valence-electron chi connectivity index (χ0n) is 13.7. The van der Waals surface area contributed by atoms with Gasteiger partial charge in [0.25, 0.3) is 0 Å². The monoisotopic (exact) mass is 370 g/mol. The van der Waals surface area contributed by atoms with Crippen LogP contribution in [0.1, 0.15) is 47.8 Å². The molecule has 0 aliphatic heterocycles. The highest BCUT2D eigenvalue weighted by atomic mass is 19.4. The number of unbranched alkanes of at least 4 members (excludes halogenated alkanes) is 2. The van der Waals surface area contributed by atoms with Gasteiger partial charge in [0.05, 0.1) is 0 Å². The Morgan fingerprint density at radius 1 is 1.12 bits per heavy atom. The number of aromatic nitrogens is 2. The number of nitrogens with one attached hydrogen (secondary N) is 1. The third-order valence-corrected chi connectivity index (χ3v) is 3.47. The normalized spacial score (nSPS) is 11.3. The van der Waals surface area contributed by atoms with Gasteiger partial charge in [0, 0.05) is 24.1 Å². The molecule has 2 aromatic rings. The molecule has 0 atom stereocenters. The van der Waals surface area contributed by atoms with Gasteiger partial charge in [0.2, 0.25) is 11.8 Å². The van der Waals surface area contributed by atoms with E-state index in [0.717, 1.165) is 0 Å². The van der Waals surface area contributed by atoms with E-state index in [1.54, 1.807) is 12.1 Å². The highest BCUT2D eigenvalue weighted by molar-refractivity contribution is 5.94. The number of nitrogens with zero attached hydrogens (tertiary/aromatic N) is 2. The van der Waals surface area contributed by atoms with Gasteiger partial charge in [0.15, 0.2) is 5.82 Å². The number of rotatable bonds is 8. The van der Waals surface area contributed by atoms with Crippen molar-refractivity contribution >= 4 is 17.5 Å². The Kier molecular flexibility index (Phi) is 6.31. The second kappa shape index (κ2) is 8.45. The summed E-state index contributed by atoms with van der Waals surface area (Å²) in [5.74, 6) is -2.10. The number of carbonyl (C=O) groups is 2. The number of aryl methyl sites for hydroxylation is 1. The molecule has 2 rings (SSSR count). The molecule has 2 amide bonds. The zero-order valence-corrected chi connectivity index (χ0v) is 13.7. The molecule has 0 saturated heterocycles. The van der Waals surface area contributed by atoms with Crippen molar-refractivity contribution in [2.45, 2.75) is 38.3 Å². The van der Waals surface area contributed by atoms with E-state index in [-0.39, 0.29) is 24.6 Å². The Balaban J connectivity index is 1.65. The molecule has 7 nitrogen and oxygen atoms in total. The minimum Gasteiger partial charge on any atom is -0.366 e. The molecule has 10 heteroatoms. The van der Waals surface area contributed by atoms with Gasteiger partial charge < -0.3 is 15.6 Å². The molecule has 0 saturated carbocycles. The molecular weight excluding hydrogens is 353 g/mol. The number of amides is 2. The van der Waals surface area contributed by atoms with Crippen LogP contribution in [0.25, 0.3) is 0 Å². The third kappa shape index (κ3) is 5.87. The maximum absolute atomic E-state index is 12.3. The van der Waals surface area contributed by atoms with Crippen LogP contribution in [0, 0.1) is 0 Å². The lowest BCUT2D eigenvalue weighted by atomic mass is 10.1. The standard InChI is InChI=1S/C16H17F3N4O3/c17-16(18,19)15-22-12(23-26-15)4-2-1-3-5-13(24)21-11-8-6-10(7-9-11)14(20)25/h6-9H,1-5H2,(H2,20,25)(H,21,24). The van der Waals surface area contributed by atoms with E-state index in [1.807, 2.05) is 0 Å². The Bertz CT molecular complexity index is 757. The minimum atomic E-state index is -4.64. The Hall–Kier alpha value is -2.91. The molecule has 3 N–H and O–H groups in total. The molecule has 140 valence electrons. The predicted octanol–water partition coefficient (Wildman–Crippen LogP) is 2.93. The highest BCUT2D eigenvalue weighted by Crippen LogP contribution is 2.27. The summed E-state index contributed by atoms with van der Waals surface area (Å²) >= 11 is 0. The predicted molar refractivity (Wildman–Crippen MR) is 85.1 cm³/mol. The van der Waals surface area contributed by atoms with E-state index in [1.165, 1.54) is 12.1 Å². The van der Waals surface area contributed by atoms with Crippen molar-refractivity contribution in [3.05, 3.63) is 41.5 Å². The van der Waals surface area contributed by atoms with Crippen molar-refractivity contribution < 1.29 is 27.3 Å². The zero-order chi connectivity index (χ0) is 19.2. The van der Waals surface area contributed by atoms with Gasteiger partial charge in [-0.1, -0.05) is 11.6 Å². The first kappa shape index (κ1) is 19.4. The van der Waals surface area contributed by atoms with E-state index in [4.69, 9.17) is 5.73 Å². The summed E-state index contributed by atoms with van der Waals surface area (Å²) in [5.41, 5.74) is 6.02. The largest absolute Gasteiger partial charge is 0.471 e. The van der Waals surface area contributed by atoms with E-state index in [0.29, 0.717) is 30.5 Å². The number of anilines is 1. The molecule has 0 fully saturated rings. The van der Waals surface area contributed by atoms with Gasteiger partial charge in [-0.2, -0.15) is 18.2 Å². The number of carbonyl (C=O) groups excluding carboxylic acids is 2. The lowest BCUT2D eigenvalue weighted by Crippen LogP contribution is -2.13. The fourth-order valence-electron chi connectivity index (χ4n) is 2.16. The fraction of sp³-hybridized carbons (Fsp3) is 0.375. The minimum absolute atomic E-state index is 0.00341. The number of primary amides is 1. The average Bonchev–Trinajstić information content (AvgIpc) is 3.04. The highest BCUT2D eigenvalue weighted by Gasteiger charge is 2.38. The smallest absolute Gasteiger partial charge is 0.366 e. The van der Waals surface area contributed by atoms with Crippen molar-refractivity contribution in [3.8, 4) is 0 Å². The fourth-order valence-corrected chi connectivity index (χ4v) is 2.16. The van der Waals surface area contributed by atoms with Crippen molar-refractivity contribution in [3.63, 3.8) is 0 Å². The van der Waals surface area contributed by atoms with Crippen molar-refractivity contribution in [2.24, 2.45) is 5.73 Å². The second-order valence-electron chi connectivity index (χ2n) is 5.56. The Morgan fingerprint density at radius 2 is 1.81 bits per heavy atom. The van der Waals surface area contributed by atoms with Gasteiger partial charge in [-0.25, -0.2) is 0 Å². The van der Waals surface area contributed by atoms with E-state index in [9.17, 15) is 22.8 Å². The molecule has 1 heterocycles. The lowest BCUT2D eigenvalue weighted by molar-refractivity contribution is -0.159. The number of alkyl halides is 3. The van der Waals surface area contributed by atoms with Crippen LogP contribution in [-0.4, -0.2) is 22.0 Å². The van der Waals surface area contributed by atoms with E-state index < -0.39 is 18.0 Å². The molecule has 0 radical (unpaired) electrons. The van der Waals surface area contributed by atoms with Crippen LogP contribution < -0.4 is 11.1 Å². The summed E-state index contributed by atoms with van der Waals surface area (Å²) in [6, 6.07) is 6.18. The van der Waals surface area contributed by atoms with Gasteiger partial charge in [0.1, 0.15) is 0 Å². The van der Waals surface area contributed by atoms with Gasteiger partial charge >= 0.3 is 12.1 Å². The molecule has 1 aromatic carbocycles. The number of hydrogen-bond donors (Lipinski definition) is 2. The molecule has 0 unspecified atom stereocenters. The summed E-state index contributed by atoms with van der Waals surface area (Å²) in [6.45, 7) is 0. The Labute approximate surface area is 146 Å². The van der Waals surface area contributed by atoms with Crippen molar-refractivity contribution in [1.82, 2.24) is 10.1 Å². The maximum Gasteiger partial charge on any atom is 0.471 e. The van der Waals surface area contributed by atoms with Gasteiger partial charge in [-0.3, -0.25) is 9.59 Å². The Morgan fingerprint density at radius 3 is 2.38 bits per heavy atom. The van der Waals surface area contributed by atoms with E-state index >= 15 is 0 Å². The van der Waals surface area contributed by atoms with Crippen LogP contribution in [0.3, 0.4) is 0 Å². The van der Waals surface area contributed by atoms with Crippen LogP contribution in [0.2, 0.25) is 0 Å². The molecule has 0 spiro atoms. The van der Waals surface area contributed by atoms with Crippen LogP contribution >= 0.6 is 0 Å². The number of nitrogens with two attached hydrogens (primary N) is 1. The van der Waals surface area contributed by atoms with Crippen LogP contribution in [0.4, 0.5) is 18.9 Å². The molecule has 0 aliphatic rings. The number of benzene rings is 1. The van der Waals surface area contributed by atoms with Crippen molar-refractivity contribution in [2.75, 3.05) is 5.32 Å². The van der Waals surface area contributed by atoms with Crippen LogP contribution in [0.15, 0.2) is 28.8 Å². The third-order valence-electron chi connectivity index (χ3n) is 3.47. The first-order chi connectivity index (χ1) is 12.3. The quantitative estimate of drug-likeness (QED) is 0.694. The summed E-state index contributed by atoms with van der Waals surface area (Å²) in [5, 5.41) is 5.95. The van der Waals surface area contributed by atoms with E-state index in [2.05, 4.69) is 20.0 Å². The summed E-state index contributed by atoms with van der Waals surface area (Å²) in [4.78, 5) is 26.0. The molecule has 0 aliphatic carbocycles. The lowest BCUT2D eigenvalue weighted by Gasteiger charge is -2.05. The molecule has 0 bridgehead atoms.